The zero-order valence-corrected chi connectivity index (χ0v) is 18.4. The lowest BCUT2D eigenvalue weighted by molar-refractivity contribution is -0.129. The van der Waals surface area contributed by atoms with E-state index in [2.05, 4.69) is 4.72 Å². The number of benzene rings is 2. The van der Waals surface area contributed by atoms with E-state index < -0.39 is 16.1 Å². The number of hydrogen-bond donors (Lipinski definition) is 3. The standard InChI is InChI=1S/C21H22N4O4S2/c1-29-15-4-2-13-3-6-17(11-14(13)10-15)31(27,28)24-18-8-9-25(21(18)26)12-16-5-7-19(30-16)20(22)23/h2-7,10-11,18,24H,8-9,12H2,1H3,(H3,22,23)/t18-/m0/s1. The first-order chi connectivity index (χ1) is 14.8. The maximum atomic E-state index is 12.9. The molecule has 8 nitrogen and oxygen atoms in total. The van der Waals surface area contributed by atoms with Crippen LogP contribution in [-0.2, 0) is 21.4 Å². The molecular weight excluding hydrogens is 436 g/mol. The quantitative estimate of drug-likeness (QED) is 0.370. The van der Waals surface area contributed by atoms with Gasteiger partial charge in [-0.25, -0.2) is 8.42 Å². The van der Waals surface area contributed by atoms with Crippen molar-refractivity contribution in [3.63, 3.8) is 0 Å². The number of carbonyl (C=O) groups excluding carboxylic acids is 1. The number of amides is 1. The Bertz CT molecular complexity index is 1270. The first-order valence-corrected chi connectivity index (χ1v) is 11.9. The number of amidine groups is 1. The normalized spacial score (nSPS) is 16.7. The molecule has 0 radical (unpaired) electrons. The topological polar surface area (TPSA) is 126 Å². The highest BCUT2D eigenvalue weighted by molar-refractivity contribution is 7.89. The highest BCUT2D eigenvalue weighted by Gasteiger charge is 2.35. The van der Waals surface area contributed by atoms with Crippen molar-refractivity contribution >= 4 is 43.9 Å². The van der Waals surface area contributed by atoms with Gasteiger partial charge < -0.3 is 15.4 Å². The molecule has 0 unspecified atom stereocenters. The molecule has 1 amide bonds. The van der Waals surface area contributed by atoms with Crippen LogP contribution in [0.15, 0.2) is 53.4 Å². The zero-order valence-electron chi connectivity index (χ0n) is 16.8. The second-order valence-corrected chi connectivity index (χ2v) is 10.2. The number of nitrogens with one attached hydrogen (secondary N) is 2. The Morgan fingerprint density at radius 3 is 2.71 bits per heavy atom. The molecule has 2 heterocycles. The van der Waals surface area contributed by atoms with Crippen molar-refractivity contribution in [2.75, 3.05) is 13.7 Å². The summed E-state index contributed by atoms with van der Waals surface area (Å²) in [6.07, 6.45) is 0.393. The third-order valence-electron chi connectivity index (χ3n) is 5.20. The van der Waals surface area contributed by atoms with Crippen LogP contribution in [0.1, 0.15) is 16.2 Å². The molecule has 4 rings (SSSR count). The minimum absolute atomic E-state index is 0.0114. The fraction of sp³-hybridized carbons (Fsp3) is 0.238. The molecule has 1 aromatic heterocycles. The van der Waals surface area contributed by atoms with E-state index in [9.17, 15) is 13.2 Å². The number of nitrogen functional groups attached to an aromatic ring is 1. The van der Waals surface area contributed by atoms with E-state index in [1.165, 1.54) is 17.4 Å². The number of methoxy groups -OCH3 is 1. The largest absolute Gasteiger partial charge is 0.497 e. The number of sulfonamides is 1. The van der Waals surface area contributed by atoms with E-state index in [0.29, 0.717) is 30.1 Å². The SMILES string of the molecule is COc1ccc2ccc(S(=O)(=O)N[C@H]3CCN(Cc4ccc(C(=N)N)s4)C3=O)cc2c1. The Morgan fingerprint density at radius 2 is 2.00 bits per heavy atom. The van der Waals surface area contributed by atoms with Gasteiger partial charge >= 0.3 is 0 Å². The highest BCUT2D eigenvalue weighted by atomic mass is 32.2. The summed E-state index contributed by atoms with van der Waals surface area (Å²) in [5, 5.41) is 9.11. The van der Waals surface area contributed by atoms with Crippen molar-refractivity contribution in [1.82, 2.24) is 9.62 Å². The van der Waals surface area contributed by atoms with Crippen LogP contribution >= 0.6 is 11.3 Å². The molecule has 1 aliphatic rings. The Labute approximate surface area is 184 Å². The van der Waals surface area contributed by atoms with Crippen LogP contribution in [0.3, 0.4) is 0 Å². The number of fused-ring (bicyclic) bond motifs is 1. The van der Waals surface area contributed by atoms with Crippen LogP contribution in [-0.4, -0.2) is 44.8 Å². The molecule has 31 heavy (non-hydrogen) atoms. The Hall–Kier alpha value is -2.95. The molecule has 1 aliphatic heterocycles. The van der Waals surface area contributed by atoms with Gasteiger partial charge in [0.1, 0.15) is 17.6 Å². The first-order valence-electron chi connectivity index (χ1n) is 9.59. The molecular formula is C21H22N4O4S2. The lowest BCUT2D eigenvalue weighted by atomic mass is 10.1. The summed E-state index contributed by atoms with van der Waals surface area (Å²) < 4.78 is 33.6. The number of carbonyl (C=O) groups is 1. The molecule has 1 fully saturated rings. The van der Waals surface area contributed by atoms with Crippen molar-refractivity contribution in [2.24, 2.45) is 5.73 Å². The summed E-state index contributed by atoms with van der Waals surface area (Å²) in [5.74, 6) is 0.365. The Kier molecular flexibility index (Phi) is 5.69. The van der Waals surface area contributed by atoms with Gasteiger partial charge in [0.25, 0.3) is 0 Å². The Morgan fingerprint density at radius 1 is 1.23 bits per heavy atom. The number of thiophene rings is 1. The van der Waals surface area contributed by atoms with Crippen molar-refractivity contribution < 1.29 is 17.9 Å². The number of rotatable bonds is 7. The van der Waals surface area contributed by atoms with Crippen LogP contribution < -0.4 is 15.2 Å². The van der Waals surface area contributed by atoms with Gasteiger partial charge in [-0.2, -0.15) is 4.72 Å². The van der Waals surface area contributed by atoms with Gasteiger partial charge in [-0.15, -0.1) is 11.3 Å². The average Bonchev–Trinajstić information content (AvgIpc) is 3.35. The van der Waals surface area contributed by atoms with Gasteiger partial charge in [-0.05, 0) is 53.6 Å². The van der Waals surface area contributed by atoms with Gasteiger partial charge in [0.2, 0.25) is 15.9 Å². The molecule has 3 aromatic rings. The number of likely N-dealkylation sites (tertiary alicyclic amines) is 1. The van der Waals surface area contributed by atoms with Crippen LogP contribution in [0.25, 0.3) is 10.8 Å². The van der Waals surface area contributed by atoms with Crippen LogP contribution in [0.2, 0.25) is 0 Å². The lowest BCUT2D eigenvalue weighted by Gasteiger charge is -2.16. The second kappa shape index (κ2) is 8.29. The fourth-order valence-electron chi connectivity index (χ4n) is 3.55. The van der Waals surface area contributed by atoms with Crippen molar-refractivity contribution in [3.8, 4) is 5.75 Å². The predicted octanol–water partition coefficient (Wildman–Crippen LogP) is 2.27. The number of nitrogens with zero attached hydrogens (tertiary/aromatic N) is 1. The van der Waals surface area contributed by atoms with Crippen LogP contribution in [0.4, 0.5) is 0 Å². The molecule has 0 aliphatic carbocycles. The third kappa shape index (κ3) is 4.41. The summed E-state index contributed by atoms with van der Waals surface area (Å²) in [5.41, 5.74) is 5.49. The van der Waals surface area contributed by atoms with Gasteiger partial charge in [0.15, 0.2) is 0 Å². The highest BCUT2D eigenvalue weighted by Crippen LogP contribution is 2.25. The maximum Gasteiger partial charge on any atom is 0.241 e. The summed E-state index contributed by atoms with van der Waals surface area (Å²) >= 11 is 1.35. The van der Waals surface area contributed by atoms with E-state index >= 15 is 0 Å². The Balaban J connectivity index is 1.48. The summed E-state index contributed by atoms with van der Waals surface area (Å²) in [6.45, 7) is 0.818. The molecule has 0 bridgehead atoms. The van der Waals surface area contributed by atoms with Crippen molar-refractivity contribution in [1.29, 1.82) is 5.41 Å². The maximum absolute atomic E-state index is 12.9. The van der Waals surface area contributed by atoms with E-state index in [1.807, 2.05) is 18.2 Å². The monoisotopic (exact) mass is 458 g/mol. The van der Waals surface area contributed by atoms with Gasteiger partial charge in [0, 0.05) is 11.4 Å². The van der Waals surface area contributed by atoms with Gasteiger partial charge in [-0.3, -0.25) is 10.2 Å². The molecule has 0 spiro atoms. The van der Waals surface area contributed by atoms with Crippen LogP contribution in [0.5, 0.6) is 5.75 Å². The van der Waals surface area contributed by atoms with E-state index in [-0.39, 0.29) is 16.6 Å². The van der Waals surface area contributed by atoms with E-state index in [0.717, 1.165) is 15.6 Å². The summed E-state index contributed by atoms with van der Waals surface area (Å²) in [4.78, 5) is 16.0. The summed E-state index contributed by atoms with van der Waals surface area (Å²) in [7, 11) is -2.32. The number of nitrogens with two attached hydrogens (primary N) is 1. The second-order valence-electron chi connectivity index (χ2n) is 7.28. The average molecular weight is 459 g/mol. The molecule has 162 valence electrons. The van der Waals surface area contributed by atoms with Crippen molar-refractivity contribution in [2.45, 2.75) is 23.9 Å². The molecule has 2 aromatic carbocycles. The van der Waals surface area contributed by atoms with Crippen LogP contribution in [0, 0.1) is 5.41 Å². The minimum Gasteiger partial charge on any atom is -0.497 e. The van der Waals surface area contributed by atoms with Gasteiger partial charge in [0.05, 0.1) is 23.4 Å². The van der Waals surface area contributed by atoms with E-state index in [4.69, 9.17) is 15.9 Å². The molecule has 1 saturated heterocycles. The molecule has 0 saturated carbocycles. The summed E-state index contributed by atoms with van der Waals surface area (Å²) in [6, 6.07) is 13.1. The van der Waals surface area contributed by atoms with Gasteiger partial charge in [-0.1, -0.05) is 12.1 Å². The predicted molar refractivity (Wildman–Crippen MR) is 120 cm³/mol. The minimum atomic E-state index is -3.87. The lowest BCUT2D eigenvalue weighted by Crippen LogP contribution is -2.41. The van der Waals surface area contributed by atoms with Crippen molar-refractivity contribution in [3.05, 3.63) is 58.3 Å². The first kappa shape index (κ1) is 21.3. The molecule has 4 N–H and O–H groups in total. The number of hydrogen-bond acceptors (Lipinski definition) is 6. The fourth-order valence-corrected chi connectivity index (χ4v) is 5.70. The zero-order chi connectivity index (χ0) is 22.2. The van der Waals surface area contributed by atoms with E-state index in [1.54, 1.807) is 36.3 Å². The smallest absolute Gasteiger partial charge is 0.241 e. The number of ether oxygens (including phenoxy) is 1. The molecule has 1 atom stereocenters. The third-order valence-corrected chi connectivity index (χ3v) is 7.77. The molecule has 10 heteroatoms.